The Bertz CT molecular complexity index is 826. The third kappa shape index (κ3) is 2.98. The Labute approximate surface area is 155 Å². The fraction of sp³-hybridized carbons (Fsp3) is 0.353. The van der Waals surface area contributed by atoms with Crippen LogP contribution in [0.25, 0.3) is 0 Å². The lowest BCUT2D eigenvalue weighted by molar-refractivity contribution is -0.140. The first-order chi connectivity index (χ1) is 12.8. The summed E-state index contributed by atoms with van der Waals surface area (Å²) in [7, 11) is 1.44. The van der Waals surface area contributed by atoms with E-state index in [0.29, 0.717) is 10.6 Å². The number of nitrogens with zero attached hydrogens (tertiary/aromatic N) is 3. The quantitative estimate of drug-likeness (QED) is 0.691. The SMILES string of the molecule is CC[C@]1(c2ccccc2)NC(=O)N(NC(=O)CN2C(=O)CN(C)C2=O)C1=O. The molecule has 2 N–H and O–H groups in total. The summed E-state index contributed by atoms with van der Waals surface area (Å²) in [6.45, 7) is 1.04. The van der Waals surface area contributed by atoms with Gasteiger partial charge in [0.1, 0.15) is 18.6 Å². The van der Waals surface area contributed by atoms with Gasteiger partial charge in [-0.1, -0.05) is 37.3 Å². The van der Waals surface area contributed by atoms with Crippen molar-refractivity contribution in [2.75, 3.05) is 20.1 Å². The van der Waals surface area contributed by atoms with Crippen LogP contribution < -0.4 is 10.7 Å². The summed E-state index contributed by atoms with van der Waals surface area (Å²) in [4.78, 5) is 63.0. The summed E-state index contributed by atoms with van der Waals surface area (Å²) in [6, 6.07) is 7.31. The van der Waals surface area contributed by atoms with Gasteiger partial charge in [0.25, 0.3) is 17.7 Å². The van der Waals surface area contributed by atoms with E-state index in [0.717, 1.165) is 4.90 Å². The summed E-state index contributed by atoms with van der Waals surface area (Å²) in [5.74, 6) is -1.98. The molecule has 0 saturated carbocycles. The van der Waals surface area contributed by atoms with Gasteiger partial charge in [-0.2, -0.15) is 5.01 Å². The molecule has 2 fully saturated rings. The minimum Gasteiger partial charge on any atom is -0.318 e. The summed E-state index contributed by atoms with van der Waals surface area (Å²) in [6.07, 6.45) is 0.280. The third-order valence-electron chi connectivity index (χ3n) is 4.66. The molecular weight excluding hydrogens is 354 g/mol. The van der Waals surface area contributed by atoms with Gasteiger partial charge in [-0.3, -0.25) is 24.7 Å². The third-order valence-corrected chi connectivity index (χ3v) is 4.66. The van der Waals surface area contributed by atoms with Crippen LogP contribution in [0.2, 0.25) is 0 Å². The first-order valence-electron chi connectivity index (χ1n) is 8.37. The van der Waals surface area contributed by atoms with Crippen molar-refractivity contribution in [2.24, 2.45) is 0 Å². The predicted molar refractivity (Wildman–Crippen MR) is 91.7 cm³/mol. The lowest BCUT2D eigenvalue weighted by Crippen LogP contribution is -2.51. The number of imide groups is 2. The molecule has 2 saturated heterocycles. The zero-order chi connectivity index (χ0) is 19.8. The van der Waals surface area contributed by atoms with Gasteiger partial charge in [0.05, 0.1) is 0 Å². The molecule has 1 aromatic carbocycles. The smallest absolute Gasteiger partial charge is 0.318 e. The predicted octanol–water partition coefficient (Wildman–Crippen LogP) is -0.231. The Morgan fingerprint density at radius 1 is 1.19 bits per heavy atom. The molecule has 0 radical (unpaired) electrons. The van der Waals surface area contributed by atoms with Crippen LogP contribution in [0, 0.1) is 0 Å². The van der Waals surface area contributed by atoms with Crippen LogP contribution in [0.4, 0.5) is 9.59 Å². The second-order valence-electron chi connectivity index (χ2n) is 6.35. The molecule has 0 aromatic heterocycles. The number of hydrogen-bond acceptors (Lipinski definition) is 5. The first kappa shape index (κ1) is 18.4. The van der Waals surface area contributed by atoms with Crippen molar-refractivity contribution < 1.29 is 24.0 Å². The minimum absolute atomic E-state index is 0.123. The van der Waals surface area contributed by atoms with Crippen LogP contribution in [-0.4, -0.2) is 64.7 Å². The zero-order valence-electron chi connectivity index (χ0n) is 14.9. The van der Waals surface area contributed by atoms with E-state index in [1.54, 1.807) is 37.3 Å². The fourth-order valence-corrected chi connectivity index (χ4v) is 3.17. The maximum atomic E-state index is 12.9. The highest BCUT2D eigenvalue weighted by atomic mass is 16.2. The normalized spacial score (nSPS) is 22.5. The highest BCUT2D eigenvalue weighted by molar-refractivity contribution is 6.09. The van der Waals surface area contributed by atoms with Gasteiger partial charge in [-0.25, -0.2) is 9.59 Å². The maximum absolute atomic E-state index is 12.9. The summed E-state index contributed by atoms with van der Waals surface area (Å²) >= 11 is 0. The van der Waals surface area contributed by atoms with Crippen molar-refractivity contribution in [3.63, 3.8) is 0 Å². The Kier molecular flexibility index (Phi) is 4.56. The number of hydrogen-bond donors (Lipinski definition) is 2. The van der Waals surface area contributed by atoms with Crippen molar-refractivity contribution >= 4 is 29.8 Å². The van der Waals surface area contributed by atoms with Gasteiger partial charge in [0, 0.05) is 7.05 Å². The summed E-state index contributed by atoms with van der Waals surface area (Å²) in [5.41, 5.74) is 1.49. The number of nitrogens with one attached hydrogen (secondary N) is 2. The van der Waals surface area contributed by atoms with E-state index >= 15 is 0 Å². The number of urea groups is 2. The highest BCUT2D eigenvalue weighted by Crippen LogP contribution is 2.31. The largest absolute Gasteiger partial charge is 0.344 e. The minimum atomic E-state index is -1.29. The molecule has 7 amide bonds. The number of likely N-dealkylation sites (N-methyl/N-ethyl adjacent to an activating group) is 1. The Hall–Kier alpha value is -3.43. The monoisotopic (exact) mass is 373 g/mol. The molecule has 10 nitrogen and oxygen atoms in total. The molecule has 2 aliphatic rings. The first-order valence-corrected chi connectivity index (χ1v) is 8.37. The molecule has 0 spiro atoms. The molecular formula is C17H19N5O5. The van der Waals surface area contributed by atoms with Crippen molar-refractivity contribution in [3.8, 4) is 0 Å². The average molecular weight is 373 g/mol. The van der Waals surface area contributed by atoms with Gasteiger partial charge in [0.15, 0.2) is 0 Å². The van der Waals surface area contributed by atoms with E-state index in [1.165, 1.54) is 11.9 Å². The van der Waals surface area contributed by atoms with Crippen LogP contribution in [0.1, 0.15) is 18.9 Å². The van der Waals surface area contributed by atoms with Crippen LogP contribution in [0.5, 0.6) is 0 Å². The average Bonchev–Trinajstić information content (AvgIpc) is 3.04. The van der Waals surface area contributed by atoms with Crippen molar-refractivity contribution in [1.29, 1.82) is 0 Å². The molecule has 3 rings (SSSR count). The Morgan fingerprint density at radius 2 is 1.85 bits per heavy atom. The van der Waals surface area contributed by atoms with Gasteiger partial charge in [-0.05, 0) is 12.0 Å². The highest BCUT2D eigenvalue weighted by Gasteiger charge is 2.52. The summed E-state index contributed by atoms with van der Waals surface area (Å²) in [5, 5.41) is 3.21. The molecule has 10 heteroatoms. The molecule has 2 aliphatic heterocycles. The van der Waals surface area contributed by atoms with E-state index in [1.807, 2.05) is 0 Å². The standard InChI is InChI=1S/C17H19N5O5/c1-3-17(11-7-5-4-6-8-11)14(25)22(15(26)18-17)19-12(23)9-21-13(24)10-20(2)16(21)27/h4-8H,3,9-10H2,1-2H3,(H,18,26)(H,19,23)/t17-/m1/s1. The molecule has 0 aliphatic carbocycles. The number of carbonyl (C=O) groups excluding carboxylic acids is 5. The lowest BCUT2D eigenvalue weighted by atomic mass is 9.87. The Balaban J connectivity index is 1.75. The molecule has 1 atom stereocenters. The summed E-state index contributed by atoms with van der Waals surface area (Å²) < 4.78 is 0. The molecule has 142 valence electrons. The van der Waals surface area contributed by atoms with Gasteiger partial charge in [0.2, 0.25) is 0 Å². The molecule has 0 unspecified atom stereocenters. The van der Waals surface area contributed by atoms with Crippen molar-refractivity contribution in [3.05, 3.63) is 35.9 Å². The fourth-order valence-electron chi connectivity index (χ4n) is 3.17. The van der Waals surface area contributed by atoms with E-state index in [2.05, 4.69) is 10.7 Å². The van der Waals surface area contributed by atoms with Crippen LogP contribution in [-0.2, 0) is 19.9 Å². The maximum Gasteiger partial charge on any atom is 0.344 e. The molecule has 0 bridgehead atoms. The number of amides is 7. The topological polar surface area (TPSA) is 119 Å². The van der Waals surface area contributed by atoms with E-state index < -0.39 is 41.9 Å². The van der Waals surface area contributed by atoms with Crippen LogP contribution >= 0.6 is 0 Å². The van der Waals surface area contributed by atoms with E-state index in [-0.39, 0.29) is 13.0 Å². The molecule has 27 heavy (non-hydrogen) atoms. The molecule has 2 heterocycles. The second-order valence-corrected chi connectivity index (χ2v) is 6.35. The second kappa shape index (κ2) is 6.71. The number of benzene rings is 1. The van der Waals surface area contributed by atoms with Gasteiger partial charge in [-0.15, -0.1) is 0 Å². The van der Waals surface area contributed by atoms with E-state index in [9.17, 15) is 24.0 Å². The number of rotatable bonds is 5. The van der Waals surface area contributed by atoms with Crippen molar-refractivity contribution in [1.82, 2.24) is 25.6 Å². The Morgan fingerprint density at radius 3 is 2.41 bits per heavy atom. The van der Waals surface area contributed by atoms with Crippen LogP contribution in [0.3, 0.4) is 0 Å². The van der Waals surface area contributed by atoms with E-state index in [4.69, 9.17) is 0 Å². The molecule has 1 aromatic rings. The zero-order valence-corrected chi connectivity index (χ0v) is 14.9. The van der Waals surface area contributed by atoms with Gasteiger partial charge < -0.3 is 10.2 Å². The van der Waals surface area contributed by atoms with Crippen molar-refractivity contribution in [2.45, 2.75) is 18.9 Å². The number of carbonyl (C=O) groups is 5. The number of hydrazine groups is 1. The van der Waals surface area contributed by atoms with Gasteiger partial charge >= 0.3 is 12.1 Å². The lowest BCUT2D eigenvalue weighted by Gasteiger charge is -2.25. The van der Waals surface area contributed by atoms with Crippen LogP contribution in [0.15, 0.2) is 30.3 Å².